The van der Waals surface area contributed by atoms with Gasteiger partial charge in [0, 0.05) is 27.4 Å². The Bertz CT molecular complexity index is 1290. The smallest absolute Gasteiger partial charge is 0.227 e. The van der Waals surface area contributed by atoms with Gasteiger partial charge < -0.3 is 10.2 Å². The monoisotopic (exact) mass is 422 g/mol. The van der Waals surface area contributed by atoms with Crippen LogP contribution in [0.4, 0.5) is 5.69 Å². The maximum absolute atomic E-state index is 6.39. The van der Waals surface area contributed by atoms with E-state index in [-0.39, 0.29) is 0 Å². The van der Waals surface area contributed by atoms with Gasteiger partial charge in [0.1, 0.15) is 5.69 Å². The van der Waals surface area contributed by atoms with Crippen molar-refractivity contribution in [3.05, 3.63) is 108 Å². The Hall–Kier alpha value is -3.82. The minimum Gasteiger partial charge on any atom is -0.435 e. The standard InChI is InChI=1S/C27H19ClN2O/c28-21-14-15-23(24(17-21)20-12-7-13-22(29)16-20)27-30-25(18-8-3-1-4-9-18)26(31-27)19-10-5-2-6-11-19/h1-17H,29H2. The van der Waals surface area contributed by atoms with E-state index in [9.17, 15) is 0 Å². The summed E-state index contributed by atoms with van der Waals surface area (Å²) in [5, 5.41) is 0.638. The summed E-state index contributed by atoms with van der Waals surface area (Å²) in [7, 11) is 0. The van der Waals surface area contributed by atoms with Crippen LogP contribution >= 0.6 is 11.6 Å². The van der Waals surface area contributed by atoms with Crippen LogP contribution in [0.15, 0.2) is 108 Å². The molecule has 2 N–H and O–H groups in total. The minimum atomic E-state index is 0.534. The van der Waals surface area contributed by atoms with Gasteiger partial charge in [0.15, 0.2) is 5.76 Å². The zero-order valence-corrected chi connectivity index (χ0v) is 17.4. The molecule has 5 aromatic rings. The molecule has 0 unspecified atom stereocenters. The van der Waals surface area contributed by atoms with Gasteiger partial charge in [0.2, 0.25) is 5.89 Å². The molecule has 0 radical (unpaired) electrons. The first-order valence-corrected chi connectivity index (χ1v) is 10.3. The maximum Gasteiger partial charge on any atom is 0.227 e. The number of nitrogen functional groups attached to an aromatic ring is 1. The van der Waals surface area contributed by atoms with Crippen molar-refractivity contribution in [2.24, 2.45) is 0 Å². The molecule has 0 bridgehead atoms. The number of oxazole rings is 1. The van der Waals surface area contributed by atoms with Crippen LogP contribution in [-0.4, -0.2) is 4.98 Å². The van der Waals surface area contributed by atoms with E-state index in [1.165, 1.54) is 0 Å². The number of nitrogens with zero attached hydrogens (tertiary/aromatic N) is 1. The largest absolute Gasteiger partial charge is 0.435 e. The van der Waals surface area contributed by atoms with Crippen LogP contribution in [0, 0.1) is 0 Å². The fourth-order valence-corrected chi connectivity index (χ4v) is 3.83. The number of benzene rings is 4. The average Bonchev–Trinajstić information content (AvgIpc) is 3.25. The third-order valence-corrected chi connectivity index (χ3v) is 5.36. The molecule has 150 valence electrons. The number of halogens is 1. The summed E-state index contributed by atoms with van der Waals surface area (Å²) in [5.41, 5.74) is 12.2. The Morgan fingerprint density at radius 2 is 1.32 bits per heavy atom. The molecule has 0 saturated heterocycles. The van der Waals surface area contributed by atoms with E-state index in [1.807, 2.05) is 103 Å². The molecule has 0 aliphatic heterocycles. The molecule has 1 aromatic heterocycles. The number of nitrogens with two attached hydrogens (primary N) is 1. The van der Waals surface area contributed by atoms with Crippen LogP contribution in [0.1, 0.15) is 0 Å². The van der Waals surface area contributed by atoms with Gasteiger partial charge in [0.05, 0.1) is 0 Å². The predicted octanol–water partition coefficient (Wildman–Crippen LogP) is 7.58. The molecule has 0 saturated carbocycles. The molecule has 0 aliphatic rings. The average molecular weight is 423 g/mol. The van der Waals surface area contributed by atoms with E-state index in [1.54, 1.807) is 0 Å². The van der Waals surface area contributed by atoms with E-state index in [0.717, 1.165) is 39.3 Å². The number of hydrogen-bond donors (Lipinski definition) is 1. The highest BCUT2D eigenvalue weighted by Gasteiger charge is 2.20. The Labute approximate surface area is 185 Å². The molecule has 4 aromatic carbocycles. The Morgan fingerprint density at radius 1 is 0.645 bits per heavy atom. The highest BCUT2D eigenvalue weighted by atomic mass is 35.5. The highest BCUT2D eigenvalue weighted by Crippen LogP contribution is 2.40. The molecule has 4 heteroatoms. The number of hydrogen-bond acceptors (Lipinski definition) is 3. The number of anilines is 1. The van der Waals surface area contributed by atoms with Crippen molar-refractivity contribution < 1.29 is 4.42 Å². The molecule has 3 nitrogen and oxygen atoms in total. The molecule has 0 fully saturated rings. The number of rotatable bonds is 4. The second kappa shape index (κ2) is 8.13. The summed E-state index contributed by atoms with van der Waals surface area (Å²) in [6, 6.07) is 33.5. The summed E-state index contributed by atoms with van der Waals surface area (Å²) in [4.78, 5) is 4.92. The minimum absolute atomic E-state index is 0.534. The highest BCUT2D eigenvalue weighted by molar-refractivity contribution is 6.31. The third kappa shape index (κ3) is 3.83. The first-order chi connectivity index (χ1) is 15.2. The van der Waals surface area contributed by atoms with Crippen molar-refractivity contribution in [1.29, 1.82) is 0 Å². The van der Waals surface area contributed by atoms with E-state index < -0.39 is 0 Å². The van der Waals surface area contributed by atoms with E-state index in [4.69, 9.17) is 26.7 Å². The lowest BCUT2D eigenvalue weighted by molar-refractivity contribution is 0.589. The molecule has 5 rings (SSSR count). The SMILES string of the molecule is Nc1cccc(-c2cc(Cl)ccc2-c2nc(-c3ccccc3)c(-c3ccccc3)o2)c1. The van der Waals surface area contributed by atoms with Crippen LogP contribution in [0.3, 0.4) is 0 Å². The van der Waals surface area contributed by atoms with Gasteiger partial charge in [-0.25, -0.2) is 4.98 Å². The van der Waals surface area contributed by atoms with Crippen molar-refractivity contribution in [3.8, 4) is 45.2 Å². The maximum atomic E-state index is 6.39. The molecule has 1 heterocycles. The predicted molar refractivity (Wildman–Crippen MR) is 128 cm³/mol. The quantitative estimate of drug-likeness (QED) is 0.304. The van der Waals surface area contributed by atoms with Gasteiger partial charge in [-0.15, -0.1) is 0 Å². The van der Waals surface area contributed by atoms with Crippen molar-refractivity contribution in [3.63, 3.8) is 0 Å². The zero-order valence-electron chi connectivity index (χ0n) is 16.6. The molecule has 0 aliphatic carbocycles. The molecule has 0 atom stereocenters. The summed E-state index contributed by atoms with van der Waals surface area (Å²) >= 11 is 6.34. The number of aromatic nitrogens is 1. The third-order valence-electron chi connectivity index (χ3n) is 5.12. The van der Waals surface area contributed by atoms with Crippen LogP contribution in [0.5, 0.6) is 0 Å². The summed E-state index contributed by atoms with van der Waals surface area (Å²) in [6.45, 7) is 0. The van der Waals surface area contributed by atoms with Gasteiger partial charge in [0.25, 0.3) is 0 Å². The first kappa shape index (κ1) is 19.2. The second-order valence-corrected chi connectivity index (χ2v) is 7.68. The van der Waals surface area contributed by atoms with E-state index in [2.05, 4.69) is 0 Å². The molecule has 0 spiro atoms. The van der Waals surface area contributed by atoms with Gasteiger partial charge in [-0.1, -0.05) is 84.4 Å². The van der Waals surface area contributed by atoms with E-state index in [0.29, 0.717) is 16.6 Å². The van der Waals surface area contributed by atoms with Gasteiger partial charge in [-0.3, -0.25) is 0 Å². The van der Waals surface area contributed by atoms with E-state index >= 15 is 0 Å². The normalized spacial score (nSPS) is 10.9. The molecule has 31 heavy (non-hydrogen) atoms. The van der Waals surface area contributed by atoms with Crippen LogP contribution in [-0.2, 0) is 0 Å². The van der Waals surface area contributed by atoms with Crippen LogP contribution < -0.4 is 5.73 Å². The Balaban J connectivity index is 1.73. The molecular formula is C27H19ClN2O. The fourth-order valence-electron chi connectivity index (χ4n) is 3.66. The van der Waals surface area contributed by atoms with Crippen LogP contribution in [0.25, 0.3) is 45.2 Å². The summed E-state index contributed by atoms with van der Waals surface area (Å²) < 4.78 is 6.39. The first-order valence-electron chi connectivity index (χ1n) is 9.96. The van der Waals surface area contributed by atoms with Crippen LogP contribution in [0.2, 0.25) is 5.02 Å². The van der Waals surface area contributed by atoms with Crippen molar-refractivity contribution in [1.82, 2.24) is 4.98 Å². The Morgan fingerprint density at radius 3 is 2.03 bits per heavy atom. The van der Waals surface area contributed by atoms with Crippen molar-refractivity contribution in [2.45, 2.75) is 0 Å². The molecule has 0 amide bonds. The van der Waals surface area contributed by atoms with Gasteiger partial charge in [-0.05, 0) is 41.5 Å². The second-order valence-electron chi connectivity index (χ2n) is 7.24. The fraction of sp³-hybridized carbons (Fsp3) is 0. The lowest BCUT2D eigenvalue weighted by atomic mass is 9.99. The summed E-state index contributed by atoms with van der Waals surface area (Å²) in [5.74, 6) is 1.27. The van der Waals surface area contributed by atoms with Gasteiger partial charge in [-0.2, -0.15) is 0 Å². The topological polar surface area (TPSA) is 52.0 Å². The van der Waals surface area contributed by atoms with Crippen molar-refractivity contribution in [2.75, 3.05) is 5.73 Å². The lowest BCUT2D eigenvalue weighted by Crippen LogP contribution is -1.89. The Kier molecular flexibility index (Phi) is 5.03. The summed E-state index contributed by atoms with van der Waals surface area (Å²) in [6.07, 6.45) is 0. The van der Waals surface area contributed by atoms with Gasteiger partial charge >= 0.3 is 0 Å². The molecular weight excluding hydrogens is 404 g/mol. The van der Waals surface area contributed by atoms with Crippen molar-refractivity contribution >= 4 is 17.3 Å². The zero-order chi connectivity index (χ0) is 21.2. The lowest BCUT2D eigenvalue weighted by Gasteiger charge is -2.08.